The predicted molar refractivity (Wildman–Crippen MR) is 111 cm³/mol. The third-order valence-electron chi connectivity index (χ3n) is 4.72. The summed E-state index contributed by atoms with van der Waals surface area (Å²) in [5.74, 6) is 0.0719. The Balaban J connectivity index is 2.26. The molecule has 8 heteroatoms. The number of ether oxygens (including phenoxy) is 1. The second-order valence-corrected chi connectivity index (χ2v) is 7.66. The number of nitrogens with zero attached hydrogens (tertiary/aromatic N) is 2. The highest BCUT2D eigenvalue weighted by Gasteiger charge is 2.22. The minimum absolute atomic E-state index is 0.00104. The first kappa shape index (κ1) is 22.5. The monoisotopic (exact) mass is 406 g/mol. The van der Waals surface area contributed by atoms with Gasteiger partial charge in [0.05, 0.1) is 6.61 Å². The molecule has 0 radical (unpaired) electrons. The first-order valence-corrected chi connectivity index (χ1v) is 9.76. The van der Waals surface area contributed by atoms with E-state index in [0.717, 1.165) is 13.0 Å². The molecule has 29 heavy (non-hydrogen) atoms. The van der Waals surface area contributed by atoms with Gasteiger partial charge in [-0.05, 0) is 47.6 Å². The second kappa shape index (κ2) is 9.65. The summed E-state index contributed by atoms with van der Waals surface area (Å²) in [5.41, 5.74) is 4.49. The maximum absolute atomic E-state index is 14.1. The Morgan fingerprint density at radius 3 is 2.38 bits per heavy atom. The molecule has 3 N–H and O–H groups in total. The van der Waals surface area contributed by atoms with Crippen LogP contribution in [0.2, 0.25) is 0 Å². The number of hydrogen-bond donors (Lipinski definition) is 3. The molecule has 1 aromatic carbocycles. The Kier molecular flexibility index (Phi) is 7.50. The molecule has 0 aromatic heterocycles. The summed E-state index contributed by atoms with van der Waals surface area (Å²) in [6.07, 6.45) is 2.26. The number of carbonyl (C=O) groups excluding carboxylic acids is 1. The van der Waals surface area contributed by atoms with E-state index >= 15 is 0 Å². The van der Waals surface area contributed by atoms with Gasteiger partial charge in [-0.3, -0.25) is 5.21 Å². The number of nitrogens with one attached hydrogen (secondary N) is 2. The fourth-order valence-electron chi connectivity index (χ4n) is 3.22. The van der Waals surface area contributed by atoms with Gasteiger partial charge in [-0.15, -0.1) is 0 Å². The fourth-order valence-corrected chi connectivity index (χ4v) is 3.22. The van der Waals surface area contributed by atoms with Crippen LogP contribution in [-0.2, 0) is 4.74 Å². The van der Waals surface area contributed by atoms with Gasteiger partial charge in [0.1, 0.15) is 11.5 Å². The van der Waals surface area contributed by atoms with Crippen molar-refractivity contribution < 1.29 is 19.1 Å². The van der Waals surface area contributed by atoms with Crippen LogP contribution in [0.25, 0.3) is 0 Å². The van der Waals surface area contributed by atoms with Gasteiger partial charge in [0.2, 0.25) is 5.88 Å². The van der Waals surface area contributed by atoms with Crippen LogP contribution in [0.5, 0.6) is 0 Å². The Morgan fingerprint density at radius 1 is 1.31 bits per heavy atom. The van der Waals surface area contributed by atoms with Crippen molar-refractivity contribution in [3.63, 3.8) is 0 Å². The summed E-state index contributed by atoms with van der Waals surface area (Å²) >= 11 is 0. The molecule has 1 heterocycles. The molecule has 0 aliphatic carbocycles. The van der Waals surface area contributed by atoms with Crippen molar-refractivity contribution in [3.8, 4) is 0 Å². The van der Waals surface area contributed by atoms with Crippen molar-refractivity contribution in [2.45, 2.75) is 46.0 Å². The molecule has 0 saturated carbocycles. The van der Waals surface area contributed by atoms with E-state index in [4.69, 9.17) is 4.74 Å². The standard InChI is InChI=1S/C21H31FN4O3/c1-7-18(20-25(6)9-8-10-29-20)26(28)24-21(27)23-19-16(13(2)3)11-15(22)12-17(19)14(4)5/h7,11-14,28H,1,8-10H2,2-6H3,(H2,23,24,27)/b20-18-. The Hall–Kier alpha value is -2.74. The van der Waals surface area contributed by atoms with E-state index < -0.39 is 6.03 Å². The molecular formula is C21H31FN4O3. The van der Waals surface area contributed by atoms with Crippen molar-refractivity contribution >= 4 is 11.7 Å². The molecule has 7 nitrogen and oxygen atoms in total. The van der Waals surface area contributed by atoms with Gasteiger partial charge in [-0.25, -0.2) is 14.6 Å². The van der Waals surface area contributed by atoms with Crippen LogP contribution in [-0.4, -0.2) is 41.5 Å². The number of hydroxylamine groups is 1. The number of carbonyl (C=O) groups is 1. The van der Waals surface area contributed by atoms with Crippen LogP contribution in [0, 0.1) is 5.82 Å². The van der Waals surface area contributed by atoms with Gasteiger partial charge >= 0.3 is 6.03 Å². The maximum atomic E-state index is 14.1. The van der Waals surface area contributed by atoms with Crippen molar-refractivity contribution in [3.05, 3.63) is 53.3 Å². The summed E-state index contributed by atoms with van der Waals surface area (Å²) in [4.78, 5) is 14.4. The molecule has 2 rings (SSSR count). The van der Waals surface area contributed by atoms with E-state index in [1.165, 1.54) is 18.2 Å². The van der Waals surface area contributed by atoms with Crippen LogP contribution < -0.4 is 10.7 Å². The summed E-state index contributed by atoms with van der Waals surface area (Å²) in [7, 11) is 1.83. The molecular weight excluding hydrogens is 375 g/mol. The Morgan fingerprint density at radius 2 is 1.90 bits per heavy atom. The average molecular weight is 407 g/mol. The number of hydrogen-bond acceptors (Lipinski definition) is 5. The van der Waals surface area contributed by atoms with Crippen LogP contribution in [0.3, 0.4) is 0 Å². The number of halogens is 1. The van der Waals surface area contributed by atoms with Crippen LogP contribution in [0.1, 0.15) is 57.1 Å². The number of urea groups is 1. The molecule has 0 atom stereocenters. The van der Waals surface area contributed by atoms with Crippen molar-refractivity contribution in [2.24, 2.45) is 0 Å². The highest BCUT2D eigenvalue weighted by molar-refractivity contribution is 5.91. The normalized spacial score (nSPS) is 15.8. The quantitative estimate of drug-likeness (QED) is 0.606. The number of allylic oxidation sites excluding steroid dienone is 1. The Labute approximate surface area is 171 Å². The van der Waals surface area contributed by atoms with Gasteiger partial charge in [-0.1, -0.05) is 34.3 Å². The third kappa shape index (κ3) is 5.41. The van der Waals surface area contributed by atoms with E-state index in [1.807, 2.05) is 39.6 Å². The zero-order chi connectivity index (χ0) is 21.7. The molecule has 1 aromatic rings. The van der Waals surface area contributed by atoms with Gasteiger partial charge in [-0.2, -0.15) is 5.17 Å². The van der Waals surface area contributed by atoms with Crippen LogP contribution in [0.15, 0.2) is 36.4 Å². The first-order chi connectivity index (χ1) is 13.6. The Bertz CT molecular complexity index is 763. The highest BCUT2D eigenvalue weighted by atomic mass is 19.1. The maximum Gasteiger partial charge on any atom is 0.339 e. The lowest BCUT2D eigenvalue weighted by molar-refractivity contribution is -0.0925. The second-order valence-electron chi connectivity index (χ2n) is 7.66. The minimum atomic E-state index is -0.665. The average Bonchev–Trinajstić information content (AvgIpc) is 2.64. The van der Waals surface area contributed by atoms with Gasteiger partial charge in [0.15, 0.2) is 0 Å². The van der Waals surface area contributed by atoms with E-state index in [2.05, 4.69) is 17.3 Å². The summed E-state index contributed by atoms with van der Waals surface area (Å²) in [6, 6.07) is 2.18. The van der Waals surface area contributed by atoms with E-state index in [9.17, 15) is 14.4 Å². The largest absolute Gasteiger partial charge is 0.477 e. The van der Waals surface area contributed by atoms with Crippen molar-refractivity contribution in [1.82, 2.24) is 15.5 Å². The summed E-state index contributed by atoms with van der Waals surface area (Å²) < 4.78 is 19.7. The van der Waals surface area contributed by atoms with E-state index in [-0.39, 0.29) is 23.4 Å². The van der Waals surface area contributed by atoms with Gasteiger partial charge in [0.25, 0.3) is 0 Å². The third-order valence-corrected chi connectivity index (χ3v) is 4.72. The summed E-state index contributed by atoms with van der Waals surface area (Å²) in [5, 5.41) is 13.7. The highest BCUT2D eigenvalue weighted by Crippen LogP contribution is 2.33. The number of anilines is 1. The van der Waals surface area contributed by atoms with Gasteiger partial charge < -0.3 is 15.0 Å². The van der Waals surface area contributed by atoms with Gasteiger partial charge in [0, 0.05) is 19.3 Å². The van der Waals surface area contributed by atoms with Crippen LogP contribution in [0.4, 0.5) is 14.9 Å². The molecule has 160 valence electrons. The molecule has 0 spiro atoms. The molecule has 1 aliphatic rings. The molecule has 1 saturated heterocycles. The zero-order valence-electron chi connectivity index (χ0n) is 17.8. The summed E-state index contributed by atoms with van der Waals surface area (Å²) in [6.45, 7) is 12.7. The zero-order valence-corrected chi connectivity index (χ0v) is 17.8. The lowest BCUT2D eigenvalue weighted by Gasteiger charge is -2.31. The number of hydrazine groups is 1. The lowest BCUT2D eigenvalue weighted by Crippen LogP contribution is -2.43. The molecule has 1 fully saturated rings. The van der Waals surface area contributed by atoms with E-state index in [0.29, 0.717) is 34.5 Å². The smallest absolute Gasteiger partial charge is 0.339 e. The number of benzene rings is 1. The SMILES string of the molecule is C=C/C(=C1/OCCCN1C)N(O)NC(=O)Nc1c(C(C)C)cc(F)cc1C(C)C. The molecule has 0 unspecified atom stereocenters. The molecule has 2 amide bonds. The molecule has 1 aliphatic heterocycles. The number of rotatable bonds is 6. The van der Waals surface area contributed by atoms with Crippen molar-refractivity contribution in [2.75, 3.05) is 25.5 Å². The first-order valence-electron chi connectivity index (χ1n) is 9.76. The molecule has 0 bridgehead atoms. The van der Waals surface area contributed by atoms with Crippen molar-refractivity contribution in [1.29, 1.82) is 0 Å². The topological polar surface area (TPSA) is 77.1 Å². The fraction of sp³-hybridized carbons (Fsp3) is 0.476. The minimum Gasteiger partial charge on any atom is -0.477 e. The van der Waals surface area contributed by atoms with Crippen LogP contribution >= 0.6 is 0 Å². The predicted octanol–water partition coefficient (Wildman–Crippen LogP) is 4.51. The lowest BCUT2D eigenvalue weighted by atomic mass is 9.92. The number of amides is 2. The van der Waals surface area contributed by atoms with E-state index in [1.54, 1.807) is 0 Å².